The maximum absolute atomic E-state index is 12.7. The molecule has 138 valence electrons. The number of anilines is 1. The summed E-state index contributed by atoms with van der Waals surface area (Å²) in [5.74, 6) is 0.564. The van der Waals surface area contributed by atoms with Crippen molar-refractivity contribution < 1.29 is 19.2 Å². The number of amides is 1. The first kappa shape index (κ1) is 19.7. The number of nitrogens with zero attached hydrogens (tertiary/aromatic N) is 1. The molecule has 1 N–H and O–H groups in total. The van der Waals surface area contributed by atoms with Crippen molar-refractivity contribution in [2.45, 2.75) is 13.8 Å². The summed E-state index contributed by atoms with van der Waals surface area (Å²) >= 11 is 3.35. The molecule has 0 aliphatic rings. The largest absolute Gasteiger partial charge is 0.494 e. The van der Waals surface area contributed by atoms with Crippen LogP contribution in [0, 0.1) is 16.0 Å². The third-order valence-corrected chi connectivity index (χ3v) is 3.90. The Morgan fingerprint density at radius 1 is 1.23 bits per heavy atom. The minimum atomic E-state index is -0.527. The standard InChI is InChI=1S/C18H19BrN2O5/c1-11(2)10-26-16-7-4-12(19)8-14(16)18(22)20-15-6-5-13(21(23)24)9-17(15)25-3/h4-9,11H,10H2,1-3H3,(H,20,22). The van der Waals surface area contributed by atoms with E-state index in [1.54, 1.807) is 18.2 Å². The number of carbonyl (C=O) groups is 1. The Hall–Kier alpha value is -2.61. The van der Waals surface area contributed by atoms with E-state index in [0.717, 1.165) is 4.47 Å². The van der Waals surface area contributed by atoms with E-state index in [4.69, 9.17) is 9.47 Å². The van der Waals surface area contributed by atoms with Crippen LogP contribution in [0.4, 0.5) is 11.4 Å². The lowest BCUT2D eigenvalue weighted by Gasteiger charge is -2.15. The molecule has 1 amide bonds. The van der Waals surface area contributed by atoms with Gasteiger partial charge in [0, 0.05) is 10.5 Å². The van der Waals surface area contributed by atoms with E-state index >= 15 is 0 Å². The van der Waals surface area contributed by atoms with Crippen LogP contribution < -0.4 is 14.8 Å². The predicted octanol–water partition coefficient (Wildman–Crippen LogP) is 4.65. The van der Waals surface area contributed by atoms with Gasteiger partial charge < -0.3 is 14.8 Å². The van der Waals surface area contributed by atoms with Gasteiger partial charge in [0.2, 0.25) is 0 Å². The number of ether oxygens (including phenoxy) is 2. The molecule has 0 heterocycles. The van der Waals surface area contributed by atoms with E-state index < -0.39 is 10.8 Å². The summed E-state index contributed by atoms with van der Waals surface area (Å²) in [4.78, 5) is 23.1. The number of benzene rings is 2. The number of carbonyl (C=O) groups excluding carboxylic acids is 1. The van der Waals surface area contributed by atoms with Crippen LogP contribution >= 0.6 is 15.9 Å². The first-order valence-corrected chi connectivity index (χ1v) is 8.67. The van der Waals surface area contributed by atoms with Gasteiger partial charge in [-0.05, 0) is 30.2 Å². The average Bonchev–Trinajstić information content (AvgIpc) is 2.60. The van der Waals surface area contributed by atoms with Crippen molar-refractivity contribution in [3.63, 3.8) is 0 Å². The van der Waals surface area contributed by atoms with Crippen LogP contribution in [-0.4, -0.2) is 24.5 Å². The Morgan fingerprint density at radius 3 is 2.58 bits per heavy atom. The van der Waals surface area contributed by atoms with Crippen molar-refractivity contribution in [1.82, 2.24) is 0 Å². The van der Waals surface area contributed by atoms with Crippen molar-refractivity contribution in [3.05, 3.63) is 56.5 Å². The molecule has 2 aromatic rings. The van der Waals surface area contributed by atoms with E-state index in [1.165, 1.54) is 25.3 Å². The van der Waals surface area contributed by atoms with E-state index in [-0.39, 0.29) is 11.4 Å². The molecule has 2 rings (SSSR count). The summed E-state index contributed by atoms with van der Waals surface area (Å²) in [6, 6.07) is 9.15. The normalized spacial score (nSPS) is 10.5. The number of rotatable bonds is 7. The summed E-state index contributed by atoms with van der Waals surface area (Å²) in [5, 5.41) is 13.6. The fourth-order valence-electron chi connectivity index (χ4n) is 2.15. The number of nitrogens with one attached hydrogen (secondary N) is 1. The van der Waals surface area contributed by atoms with Gasteiger partial charge in [-0.2, -0.15) is 0 Å². The smallest absolute Gasteiger partial charge is 0.273 e. The second-order valence-electron chi connectivity index (χ2n) is 5.94. The van der Waals surface area contributed by atoms with E-state index in [9.17, 15) is 14.9 Å². The van der Waals surface area contributed by atoms with Crippen molar-refractivity contribution in [3.8, 4) is 11.5 Å². The Labute approximate surface area is 159 Å². The molecule has 0 radical (unpaired) electrons. The van der Waals surface area contributed by atoms with Gasteiger partial charge in [0.25, 0.3) is 11.6 Å². The number of hydrogen-bond donors (Lipinski definition) is 1. The highest BCUT2D eigenvalue weighted by atomic mass is 79.9. The molecule has 0 unspecified atom stereocenters. The second-order valence-corrected chi connectivity index (χ2v) is 6.86. The molecule has 0 spiro atoms. The summed E-state index contributed by atoms with van der Waals surface area (Å²) in [5.41, 5.74) is 0.557. The highest BCUT2D eigenvalue weighted by Gasteiger charge is 2.18. The monoisotopic (exact) mass is 422 g/mol. The van der Waals surface area contributed by atoms with E-state index in [1.807, 2.05) is 13.8 Å². The summed E-state index contributed by atoms with van der Waals surface area (Å²) in [6.07, 6.45) is 0. The van der Waals surface area contributed by atoms with Gasteiger partial charge >= 0.3 is 0 Å². The highest BCUT2D eigenvalue weighted by Crippen LogP contribution is 2.31. The lowest BCUT2D eigenvalue weighted by Crippen LogP contribution is -2.15. The molecule has 0 atom stereocenters. The van der Waals surface area contributed by atoms with Gasteiger partial charge in [0.1, 0.15) is 11.5 Å². The lowest BCUT2D eigenvalue weighted by atomic mass is 10.1. The van der Waals surface area contributed by atoms with Gasteiger partial charge in [0.15, 0.2) is 0 Å². The van der Waals surface area contributed by atoms with Crippen molar-refractivity contribution in [2.24, 2.45) is 5.92 Å². The zero-order valence-electron chi connectivity index (χ0n) is 14.6. The fraction of sp³-hybridized carbons (Fsp3) is 0.278. The zero-order chi connectivity index (χ0) is 19.3. The molecule has 7 nitrogen and oxygen atoms in total. The summed E-state index contributed by atoms with van der Waals surface area (Å²) in [6.45, 7) is 4.50. The molecule has 0 saturated heterocycles. The second kappa shape index (κ2) is 8.66. The van der Waals surface area contributed by atoms with Crippen LogP contribution in [0.25, 0.3) is 0 Å². The minimum absolute atomic E-state index is 0.122. The molecule has 26 heavy (non-hydrogen) atoms. The average molecular weight is 423 g/mol. The van der Waals surface area contributed by atoms with Crippen LogP contribution in [0.15, 0.2) is 40.9 Å². The third kappa shape index (κ3) is 4.95. The molecule has 0 saturated carbocycles. The summed E-state index contributed by atoms with van der Waals surface area (Å²) < 4.78 is 11.6. The molecule has 0 aromatic heterocycles. The molecular formula is C18H19BrN2O5. The predicted molar refractivity (Wildman–Crippen MR) is 102 cm³/mol. The SMILES string of the molecule is COc1cc([N+](=O)[O-])ccc1NC(=O)c1cc(Br)ccc1OCC(C)C. The molecule has 0 bridgehead atoms. The molecular weight excluding hydrogens is 404 g/mol. The van der Waals surface area contributed by atoms with Crippen molar-refractivity contribution in [1.29, 1.82) is 0 Å². The number of hydrogen-bond acceptors (Lipinski definition) is 5. The number of halogens is 1. The van der Waals surface area contributed by atoms with Crippen molar-refractivity contribution >= 4 is 33.2 Å². The summed E-state index contributed by atoms with van der Waals surface area (Å²) in [7, 11) is 1.38. The number of methoxy groups -OCH3 is 1. The molecule has 2 aromatic carbocycles. The van der Waals surface area contributed by atoms with Crippen LogP contribution in [0.1, 0.15) is 24.2 Å². The molecule has 0 aliphatic heterocycles. The number of nitro benzene ring substituents is 1. The lowest BCUT2D eigenvalue weighted by molar-refractivity contribution is -0.384. The van der Waals surface area contributed by atoms with Gasteiger partial charge in [-0.25, -0.2) is 0 Å². The van der Waals surface area contributed by atoms with Crippen molar-refractivity contribution in [2.75, 3.05) is 19.0 Å². The van der Waals surface area contributed by atoms with E-state index in [2.05, 4.69) is 21.2 Å². The number of non-ortho nitro benzene ring substituents is 1. The van der Waals surface area contributed by atoms with Gasteiger partial charge in [0.05, 0.1) is 36.0 Å². The molecule has 0 fully saturated rings. The molecule has 0 aliphatic carbocycles. The van der Waals surface area contributed by atoms with Crippen LogP contribution in [0.2, 0.25) is 0 Å². The Balaban J connectivity index is 2.30. The van der Waals surface area contributed by atoms with Crippen LogP contribution in [0.3, 0.4) is 0 Å². The maximum atomic E-state index is 12.7. The third-order valence-electron chi connectivity index (χ3n) is 3.40. The Morgan fingerprint density at radius 2 is 1.96 bits per heavy atom. The fourth-order valence-corrected chi connectivity index (χ4v) is 2.51. The minimum Gasteiger partial charge on any atom is -0.494 e. The van der Waals surface area contributed by atoms with Gasteiger partial charge in [-0.15, -0.1) is 0 Å². The highest BCUT2D eigenvalue weighted by molar-refractivity contribution is 9.10. The van der Waals surface area contributed by atoms with E-state index in [0.29, 0.717) is 29.5 Å². The first-order chi connectivity index (χ1) is 12.3. The van der Waals surface area contributed by atoms with Crippen LogP contribution in [-0.2, 0) is 0 Å². The number of nitro groups is 1. The van der Waals surface area contributed by atoms with Crippen LogP contribution in [0.5, 0.6) is 11.5 Å². The maximum Gasteiger partial charge on any atom is 0.273 e. The van der Waals surface area contributed by atoms with Gasteiger partial charge in [-0.3, -0.25) is 14.9 Å². The quantitative estimate of drug-likeness (QED) is 0.517. The Bertz CT molecular complexity index is 823. The molecule has 8 heteroatoms. The Kier molecular flexibility index (Phi) is 6.57. The zero-order valence-corrected chi connectivity index (χ0v) is 16.2. The first-order valence-electron chi connectivity index (χ1n) is 7.88. The van der Waals surface area contributed by atoms with Gasteiger partial charge in [-0.1, -0.05) is 29.8 Å². The topological polar surface area (TPSA) is 90.7 Å².